The van der Waals surface area contributed by atoms with Gasteiger partial charge >= 0.3 is 0 Å². The predicted molar refractivity (Wildman–Crippen MR) is 80.1 cm³/mol. The molecule has 0 heterocycles. The Hall–Kier alpha value is -1.95. The molecule has 0 saturated heterocycles. The van der Waals surface area contributed by atoms with E-state index in [0.717, 1.165) is 25.7 Å². The average Bonchev–Trinajstić information content (AvgIpc) is 2.47. The van der Waals surface area contributed by atoms with Crippen LogP contribution in [0.3, 0.4) is 0 Å². The van der Waals surface area contributed by atoms with Crippen molar-refractivity contribution in [1.29, 1.82) is 0 Å². The molecule has 1 fully saturated rings. The number of nitro benzene ring substituents is 1. The van der Waals surface area contributed by atoms with Crippen molar-refractivity contribution in [2.75, 3.05) is 6.54 Å². The van der Waals surface area contributed by atoms with E-state index < -0.39 is 4.92 Å². The fraction of sp³-hybridized carbons (Fsp3) is 0.533. The fourth-order valence-corrected chi connectivity index (χ4v) is 2.93. The molecule has 6 nitrogen and oxygen atoms in total. The molecule has 0 bridgehead atoms. The number of nitro groups is 1. The summed E-state index contributed by atoms with van der Waals surface area (Å²) in [7, 11) is 0. The van der Waals surface area contributed by atoms with E-state index in [0.29, 0.717) is 23.6 Å². The summed E-state index contributed by atoms with van der Waals surface area (Å²) in [5.41, 5.74) is 6.74. The molecule has 114 valence electrons. The van der Waals surface area contributed by atoms with Gasteiger partial charge in [0.1, 0.15) is 0 Å². The standard InChI is InChI=1S/C15H21N3O3/c1-10-6-12(8-13(7-10)18(20)21)15(19)17-14-5-3-2-4-11(14)9-16/h6-8,11,14H,2-5,9,16H2,1H3,(H,17,19). The summed E-state index contributed by atoms with van der Waals surface area (Å²) in [5, 5.41) is 13.9. The van der Waals surface area contributed by atoms with Gasteiger partial charge in [-0.15, -0.1) is 0 Å². The minimum atomic E-state index is -0.479. The Bertz CT molecular complexity index is 545. The molecule has 1 aromatic rings. The Morgan fingerprint density at radius 1 is 1.38 bits per heavy atom. The van der Waals surface area contributed by atoms with Gasteiger partial charge in [0.2, 0.25) is 0 Å². The summed E-state index contributed by atoms with van der Waals surface area (Å²) in [4.78, 5) is 22.7. The monoisotopic (exact) mass is 291 g/mol. The zero-order valence-corrected chi connectivity index (χ0v) is 12.2. The zero-order valence-electron chi connectivity index (χ0n) is 12.2. The van der Waals surface area contributed by atoms with E-state index in [1.165, 1.54) is 12.1 Å². The molecular formula is C15H21N3O3. The smallest absolute Gasteiger partial charge is 0.270 e. The first-order valence-electron chi connectivity index (χ1n) is 7.28. The summed E-state index contributed by atoms with van der Waals surface area (Å²) in [6.07, 6.45) is 4.16. The Morgan fingerprint density at radius 3 is 2.76 bits per heavy atom. The fourth-order valence-electron chi connectivity index (χ4n) is 2.93. The lowest BCUT2D eigenvalue weighted by Crippen LogP contribution is -2.44. The molecule has 1 aliphatic rings. The average molecular weight is 291 g/mol. The topological polar surface area (TPSA) is 98.3 Å². The number of nitrogens with two attached hydrogens (primary N) is 1. The Kier molecular flexibility index (Phi) is 4.90. The van der Waals surface area contributed by atoms with Crippen LogP contribution in [0.5, 0.6) is 0 Å². The first-order chi connectivity index (χ1) is 10.0. The number of carbonyl (C=O) groups excluding carboxylic acids is 1. The maximum Gasteiger partial charge on any atom is 0.270 e. The van der Waals surface area contributed by atoms with Gasteiger partial charge in [0.25, 0.3) is 11.6 Å². The van der Waals surface area contributed by atoms with Gasteiger partial charge in [-0.05, 0) is 43.9 Å². The summed E-state index contributed by atoms with van der Waals surface area (Å²) in [5.74, 6) is 0.0367. The molecule has 1 aromatic carbocycles. The number of carbonyl (C=O) groups is 1. The number of amides is 1. The number of benzene rings is 1. The minimum Gasteiger partial charge on any atom is -0.349 e. The SMILES string of the molecule is Cc1cc(C(=O)NC2CCCCC2CN)cc([N+](=O)[O-])c1. The molecule has 6 heteroatoms. The van der Waals surface area contributed by atoms with Gasteiger partial charge in [-0.25, -0.2) is 0 Å². The highest BCUT2D eigenvalue weighted by molar-refractivity contribution is 5.95. The van der Waals surface area contributed by atoms with E-state index in [1.54, 1.807) is 13.0 Å². The van der Waals surface area contributed by atoms with Crippen molar-refractivity contribution in [2.24, 2.45) is 11.7 Å². The third-order valence-corrected chi connectivity index (χ3v) is 4.06. The Labute approximate surface area is 123 Å². The van der Waals surface area contributed by atoms with E-state index in [4.69, 9.17) is 5.73 Å². The predicted octanol–water partition coefficient (Wildman–Crippen LogP) is 2.15. The minimum absolute atomic E-state index is 0.0563. The van der Waals surface area contributed by atoms with Gasteiger partial charge in [-0.3, -0.25) is 14.9 Å². The number of nitrogens with one attached hydrogen (secondary N) is 1. The van der Waals surface area contributed by atoms with Crippen molar-refractivity contribution < 1.29 is 9.72 Å². The largest absolute Gasteiger partial charge is 0.349 e. The van der Waals surface area contributed by atoms with Crippen LogP contribution in [0, 0.1) is 23.0 Å². The van der Waals surface area contributed by atoms with E-state index in [9.17, 15) is 14.9 Å². The lowest BCUT2D eigenvalue weighted by Gasteiger charge is -2.31. The van der Waals surface area contributed by atoms with E-state index in [1.807, 2.05) is 0 Å². The molecule has 21 heavy (non-hydrogen) atoms. The maximum atomic E-state index is 12.3. The number of non-ortho nitro benzene ring substituents is 1. The zero-order chi connectivity index (χ0) is 15.4. The van der Waals surface area contributed by atoms with Crippen LogP contribution in [0.4, 0.5) is 5.69 Å². The van der Waals surface area contributed by atoms with Crippen LogP contribution in [0.15, 0.2) is 18.2 Å². The third kappa shape index (κ3) is 3.78. The van der Waals surface area contributed by atoms with E-state index in [2.05, 4.69) is 5.32 Å². The summed E-state index contributed by atoms with van der Waals surface area (Å²) < 4.78 is 0. The Balaban J connectivity index is 2.14. The molecule has 0 aromatic heterocycles. The summed E-state index contributed by atoms with van der Waals surface area (Å²) >= 11 is 0. The summed E-state index contributed by atoms with van der Waals surface area (Å²) in [6.45, 7) is 2.30. The second-order valence-corrected chi connectivity index (χ2v) is 5.67. The van der Waals surface area contributed by atoms with Gasteiger partial charge in [0, 0.05) is 23.7 Å². The summed E-state index contributed by atoms with van der Waals surface area (Å²) in [6, 6.07) is 4.52. The number of hydrogen-bond acceptors (Lipinski definition) is 4. The molecule has 1 saturated carbocycles. The van der Waals surface area contributed by atoms with Crippen LogP contribution in [0.25, 0.3) is 0 Å². The molecular weight excluding hydrogens is 270 g/mol. The molecule has 2 unspecified atom stereocenters. The van der Waals surface area contributed by atoms with Crippen molar-refractivity contribution in [2.45, 2.75) is 38.6 Å². The second-order valence-electron chi connectivity index (χ2n) is 5.67. The number of nitrogens with zero attached hydrogens (tertiary/aromatic N) is 1. The molecule has 0 aliphatic heterocycles. The molecule has 2 atom stereocenters. The molecule has 0 spiro atoms. The van der Waals surface area contributed by atoms with Crippen LogP contribution >= 0.6 is 0 Å². The third-order valence-electron chi connectivity index (χ3n) is 4.06. The van der Waals surface area contributed by atoms with Gasteiger partial charge in [0.15, 0.2) is 0 Å². The highest BCUT2D eigenvalue weighted by atomic mass is 16.6. The van der Waals surface area contributed by atoms with E-state index >= 15 is 0 Å². The lowest BCUT2D eigenvalue weighted by molar-refractivity contribution is -0.384. The van der Waals surface area contributed by atoms with E-state index in [-0.39, 0.29) is 17.6 Å². The highest BCUT2D eigenvalue weighted by Gasteiger charge is 2.26. The van der Waals surface area contributed by atoms with Gasteiger partial charge in [-0.1, -0.05) is 12.8 Å². The van der Waals surface area contributed by atoms with Crippen molar-refractivity contribution in [3.63, 3.8) is 0 Å². The van der Waals surface area contributed by atoms with Crippen molar-refractivity contribution in [3.8, 4) is 0 Å². The first kappa shape index (κ1) is 15.4. The molecule has 1 amide bonds. The van der Waals surface area contributed by atoms with Gasteiger partial charge < -0.3 is 11.1 Å². The van der Waals surface area contributed by atoms with Crippen LogP contribution < -0.4 is 11.1 Å². The van der Waals surface area contributed by atoms with Crippen LogP contribution in [0.2, 0.25) is 0 Å². The van der Waals surface area contributed by atoms with Gasteiger partial charge in [-0.2, -0.15) is 0 Å². The van der Waals surface area contributed by atoms with Crippen molar-refractivity contribution >= 4 is 11.6 Å². The van der Waals surface area contributed by atoms with Crippen molar-refractivity contribution in [1.82, 2.24) is 5.32 Å². The quantitative estimate of drug-likeness (QED) is 0.656. The molecule has 1 aliphatic carbocycles. The van der Waals surface area contributed by atoms with Crippen LogP contribution in [-0.2, 0) is 0 Å². The molecule has 2 rings (SSSR count). The number of aryl methyl sites for hydroxylation is 1. The maximum absolute atomic E-state index is 12.3. The van der Waals surface area contributed by atoms with Gasteiger partial charge in [0.05, 0.1) is 4.92 Å². The van der Waals surface area contributed by atoms with Crippen molar-refractivity contribution in [3.05, 3.63) is 39.4 Å². The lowest BCUT2D eigenvalue weighted by atomic mass is 9.84. The molecule has 0 radical (unpaired) electrons. The Morgan fingerprint density at radius 2 is 2.10 bits per heavy atom. The van der Waals surface area contributed by atoms with Crippen LogP contribution in [-0.4, -0.2) is 23.4 Å². The second kappa shape index (κ2) is 6.67. The number of hydrogen-bond donors (Lipinski definition) is 2. The van der Waals surface area contributed by atoms with Crippen LogP contribution in [0.1, 0.15) is 41.6 Å². The highest BCUT2D eigenvalue weighted by Crippen LogP contribution is 2.24. The first-order valence-corrected chi connectivity index (χ1v) is 7.28. The molecule has 3 N–H and O–H groups in total. The number of rotatable bonds is 4. The normalized spacial score (nSPS) is 21.8.